The Morgan fingerprint density at radius 3 is 2.81 bits per heavy atom. The third-order valence-electron chi connectivity index (χ3n) is 4.59. The first-order valence-corrected chi connectivity index (χ1v) is 9.98. The molecule has 8 nitrogen and oxygen atoms in total. The number of halogens is 1. The molecule has 0 aliphatic heterocycles. The largest absolute Gasteiger partial charge is 0.463 e. The van der Waals surface area contributed by atoms with E-state index in [0.717, 1.165) is 10.1 Å². The molecule has 4 aromatic heterocycles. The van der Waals surface area contributed by atoms with Gasteiger partial charge < -0.3 is 8.83 Å². The van der Waals surface area contributed by atoms with Gasteiger partial charge in [0, 0.05) is 28.4 Å². The van der Waals surface area contributed by atoms with Crippen LogP contribution in [0.2, 0.25) is 0 Å². The van der Waals surface area contributed by atoms with Crippen molar-refractivity contribution in [1.82, 2.24) is 9.38 Å². The van der Waals surface area contributed by atoms with Gasteiger partial charge in [0.25, 0.3) is 5.69 Å². The van der Waals surface area contributed by atoms with Crippen LogP contribution in [-0.4, -0.2) is 20.5 Å². The molecule has 9 heteroatoms. The quantitative estimate of drug-likeness (QED) is 0.169. The van der Waals surface area contributed by atoms with E-state index in [2.05, 4.69) is 25.9 Å². The van der Waals surface area contributed by atoms with E-state index in [9.17, 15) is 10.1 Å². The van der Waals surface area contributed by atoms with Gasteiger partial charge in [0.1, 0.15) is 17.2 Å². The maximum atomic E-state index is 11.0. The first-order chi connectivity index (χ1) is 15.1. The van der Waals surface area contributed by atoms with E-state index in [-0.39, 0.29) is 5.69 Å². The average molecular weight is 477 g/mol. The summed E-state index contributed by atoms with van der Waals surface area (Å²) in [6, 6.07) is 17.2. The second-order valence-corrected chi connectivity index (χ2v) is 7.52. The average Bonchev–Trinajstić information content (AvgIpc) is 3.52. The summed E-state index contributed by atoms with van der Waals surface area (Å²) in [6.07, 6.45) is 5.04. The van der Waals surface area contributed by atoms with E-state index >= 15 is 0 Å². The minimum Gasteiger partial charge on any atom is -0.463 e. The second-order valence-electron chi connectivity index (χ2n) is 6.60. The predicted octanol–water partition coefficient (Wildman–Crippen LogP) is 6.28. The summed E-state index contributed by atoms with van der Waals surface area (Å²) in [7, 11) is 0. The van der Waals surface area contributed by atoms with E-state index in [1.807, 2.05) is 28.8 Å². The van der Waals surface area contributed by atoms with E-state index in [1.54, 1.807) is 42.8 Å². The maximum absolute atomic E-state index is 11.0. The highest BCUT2D eigenvalue weighted by atomic mass is 79.9. The van der Waals surface area contributed by atoms with Crippen LogP contribution < -0.4 is 0 Å². The van der Waals surface area contributed by atoms with E-state index in [4.69, 9.17) is 8.83 Å². The lowest BCUT2D eigenvalue weighted by atomic mass is 10.1. The molecule has 4 heterocycles. The molecule has 0 aliphatic carbocycles. The monoisotopic (exact) mass is 476 g/mol. The maximum Gasteiger partial charge on any atom is 0.270 e. The molecule has 0 unspecified atom stereocenters. The fraction of sp³-hybridized carbons (Fsp3) is 0. The normalized spacial score (nSPS) is 11.5. The molecule has 5 aromatic rings. The number of non-ortho nitro benzene ring substituents is 1. The fourth-order valence-corrected chi connectivity index (χ4v) is 3.52. The van der Waals surface area contributed by atoms with Crippen LogP contribution in [0.3, 0.4) is 0 Å². The minimum atomic E-state index is -0.437. The number of aromatic nitrogens is 2. The van der Waals surface area contributed by atoms with Crippen molar-refractivity contribution in [1.29, 1.82) is 0 Å². The Labute approximate surface area is 183 Å². The molecule has 0 bridgehead atoms. The molecule has 5 rings (SSSR count). The summed E-state index contributed by atoms with van der Waals surface area (Å²) in [5, 5.41) is 11.0. The molecular formula is C22H13BrN4O4. The molecular weight excluding hydrogens is 464 g/mol. The molecule has 0 N–H and O–H groups in total. The molecule has 0 spiro atoms. The van der Waals surface area contributed by atoms with Crippen LogP contribution in [0.1, 0.15) is 5.76 Å². The third-order valence-corrected chi connectivity index (χ3v) is 5.06. The van der Waals surface area contributed by atoms with Gasteiger partial charge in [0.15, 0.2) is 17.3 Å². The molecule has 0 atom stereocenters. The van der Waals surface area contributed by atoms with Gasteiger partial charge in [-0.25, -0.2) is 9.98 Å². The first-order valence-electron chi connectivity index (χ1n) is 9.19. The number of nitro benzene ring substituents is 1. The highest BCUT2D eigenvalue weighted by molar-refractivity contribution is 9.10. The first kappa shape index (κ1) is 19.0. The van der Waals surface area contributed by atoms with Gasteiger partial charge in [0.2, 0.25) is 0 Å². The lowest BCUT2D eigenvalue weighted by Gasteiger charge is -1.99. The van der Waals surface area contributed by atoms with Crippen LogP contribution in [0.15, 0.2) is 91.4 Å². The summed E-state index contributed by atoms with van der Waals surface area (Å²) < 4.78 is 14.1. The highest BCUT2D eigenvalue weighted by Gasteiger charge is 2.16. The number of hydrogen-bond acceptors (Lipinski definition) is 6. The number of pyridine rings is 1. The van der Waals surface area contributed by atoms with Crippen LogP contribution in [0, 0.1) is 10.1 Å². The van der Waals surface area contributed by atoms with Gasteiger partial charge in [-0.15, -0.1) is 0 Å². The van der Waals surface area contributed by atoms with Crippen LogP contribution in [-0.2, 0) is 0 Å². The van der Waals surface area contributed by atoms with Crippen molar-refractivity contribution in [2.75, 3.05) is 0 Å². The molecule has 0 saturated heterocycles. The van der Waals surface area contributed by atoms with Crippen LogP contribution in [0.4, 0.5) is 11.5 Å². The number of nitro groups is 1. The Kier molecular flexibility index (Phi) is 4.72. The topological polar surface area (TPSA) is 99.1 Å². The predicted molar refractivity (Wildman–Crippen MR) is 119 cm³/mol. The van der Waals surface area contributed by atoms with Crippen molar-refractivity contribution >= 4 is 39.3 Å². The van der Waals surface area contributed by atoms with Gasteiger partial charge in [-0.2, -0.15) is 0 Å². The van der Waals surface area contributed by atoms with Gasteiger partial charge in [-0.1, -0.05) is 12.1 Å². The number of aliphatic imine (C=N–C) groups is 1. The van der Waals surface area contributed by atoms with Crippen LogP contribution >= 0.6 is 15.9 Å². The number of hydrogen-bond donors (Lipinski definition) is 0. The number of furan rings is 2. The number of rotatable bonds is 5. The van der Waals surface area contributed by atoms with Crippen molar-refractivity contribution in [3.8, 4) is 22.8 Å². The summed E-state index contributed by atoms with van der Waals surface area (Å²) in [6.45, 7) is 0. The van der Waals surface area contributed by atoms with Gasteiger partial charge in [-0.05, 0) is 52.3 Å². The number of nitrogens with zero attached hydrogens (tertiary/aromatic N) is 4. The zero-order valence-corrected chi connectivity index (χ0v) is 17.4. The lowest BCUT2D eigenvalue weighted by molar-refractivity contribution is -0.384. The van der Waals surface area contributed by atoms with E-state index < -0.39 is 4.92 Å². The molecule has 1 aromatic carbocycles. The van der Waals surface area contributed by atoms with Crippen molar-refractivity contribution in [2.24, 2.45) is 4.99 Å². The second kappa shape index (κ2) is 7.69. The molecule has 0 saturated carbocycles. The zero-order valence-electron chi connectivity index (χ0n) is 15.8. The van der Waals surface area contributed by atoms with Gasteiger partial charge in [0.05, 0.1) is 17.4 Å². The van der Waals surface area contributed by atoms with E-state index in [0.29, 0.717) is 34.4 Å². The standard InChI is InChI=1S/C22H13BrN4O4/c23-15-6-9-20-25-21(19-5-2-10-30-19)22(26(20)13-15)24-12-17-7-8-18(31-17)14-3-1-4-16(11-14)27(28)29/h1-13H. The Bertz CT molecular complexity index is 1430. The molecule has 0 radical (unpaired) electrons. The summed E-state index contributed by atoms with van der Waals surface area (Å²) in [5.41, 5.74) is 1.94. The Morgan fingerprint density at radius 1 is 1.10 bits per heavy atom. The zero-order chi connectivity index (χ0) is 21.4. The number of imidazole rings is 1. The highest BCUT2D eigenvalue weighted by Crippen LogP contribution is 2.32. The van der Waals surface area contributed by atoms with Crippen molar-refractivity contribution in [3.05, 3.63) is 93.5 Å². The van der Waals surface area contributed by atoms with Gasteiger partial charge in [-0.3, -0.25) is 14.5 Å². The van der Waals surface area contributed by atoms with Crippen molar-refractivity contribution in [2.45, 2.75) is 0 Å². The Morgan fingerprint density at radius 2 is 2.00 bits per heavy atom. The van der Waals surface area contributed by atoms with E-state index in [1.165, 1.54) is 12.1 Å². The van der Waals surface area contributed by atoms with Crippen LogP contribution in [0.25, 0.3) is 28.4 Å². The van der Waals surface area contributed by atoms with Gasteiger partial charge >= 0.3 is 0 Å². The summed E-state index contributed by atoms with van der Waals surface area (Å²) >= 11 is 3.48. The Hall–Kier alpha value is -3.98. The minimum absolute atomic E-state index is 0.00325. The van der Waals surface area contributed by atoms with Crippen molar-refractivity contribution < 1.29 is 13.8 Å². The summed E-state index contributed by atoms with van der Waals surface area (Å²) in [4.78, 5) is 19.8. The Balaban J connectivity index is 1.53. The SMILES string of the molecule is O=[N+]([O-])c1cccc(-c2ccc(C=Nc3c(-c4ccco4)nc4ccc(Br)cn34)o2)c1. The molecule has 0 fully saturated rings. The molecule has 0 amide bonds. The fourth-order valence-electron chi connectivity index (χ4n) is 3.18. The molecule has 152 valence electrons. The number of fused-ring (bicyclic) bond motifs is 1. The number of benzene rings is 1. The third kappa shape index (κ3) is 3.66. The molecule has 0 aliphatic rings. The smallest absolute Gasteiger partial charge is 0.270 e. The van der Waals surface area contributed by atoms with Crippen molar-refractivity contribution in [3.63, 3.8) is 0 Å². The molecule has 31 heavy (non-hydrogen) atoms. The summed E-state index contributed by atoms with van der Waals surface area (Å²) in [5.74, 6) is 2.19. The lowest BCUT2D eigenvalue weighted by Crippen LogP contribution is -1.87. The van der Waals surface area contributed by atoms with Crippen LogP contribution in [0.5, 0.6) is 0 Å².